The van der Waals surface area contributed by atoms with Gasteiger partial charge in [0, 0.05) is 11.6 Å². The molecule has 116 valence electrons. The minimum absolute atomic E-state index is 0.0756. The highest BCUT2D eigenvalue weighted by Crippen LogP contribution is 2.30. The van der Waals surface area contributed by atoms with Crippen molar-refractivity contribution in [2.24, 2.45) is 5.92 Å². The van der Waals surface area contributed by atoms with E-state index in [1.165, 1.54) is 0 Å². The fourth-order valence-electron chi connectivity index (χ4n) is 2.99. The molecule has 0 aromatic heterocycles. The van der Waals surface area contributed by atoms with Gasteiger partial charge >= 0.3 is 0 Å². The third kappa shape index (κ3) is 3.78. The topological polar surface area (TPSA) is 32.3 Å². The summed E-state index contributed by atoms with van der Waals surface area (Å²) in [5.41, 5.74) is 1.55. The highest BCUT2D eigenvalue weighted by molar-refractivity contribution is 6.32. The van der Waals surface area contributed by atoms with Gasteiger partial charge in [-0.25, -0.2) is 0 Å². The molecule has 1 aliphatic rings. The lowest BCUT2D eigenvalue weighted by Gasteiger charge is -2.33. The average Bonchev–Trinajstić information content (AvgIpc) is 2.41. The number of carbonyl (C=O) groups is 1. The van der Waals surface area contributed by atoms with Crippen LogP contribution in [0.1, 0.15) is 37.8 Å². The number of likely N-dealkylation sites (tertiary alicyclic amines) is 1. The molecule has 1 amide bonds. The summed E-state index contributed by atoms with van der Waals surface area (Å²) in [6, 6.07) is 5.96. The lowest BCUT2D eigenvalue weighted by atomic mass is 9.90. The first-order valence-electron chi connectivity index (χ1n) is 7.57. The Kier molecular flexibility index (Phi) is 4.95. The quantitative estimate of drug-likeness (QED) is 0.929. The van der Waals surface area contributed by atoms with E-state index in [0.29, 0.717) is 0 Å². The maximum Gasteiger partial charge on any atom is 0.225 e. The molecule has 0 aliphatic carbocycles. The molecule has 1 aliphatic heterocycles. The van der Waals surface area contributed by atoms with Crippen molar-refractivity contribution in [1.82, 2.24) is 10.2 Å². The summed E-state index contributed by atoms with van der Waals surface area (Å²) in [5, 5.41) is 3.92. The molecule has 1 fully saturated rings. The Morgan fingerprint density at radius 3 is 2.81 bits per heavy atom. The van der Waals surface area contributed by atoms with Gasteiger partial charge in [0.2, 0.25) is 5.91 Å². The van der Waals surface area contributed by atoms with Crippen LogP contribution in [0, 0.1) is 12.8 Å². The summed E-state index contributed by atoms with van der Waals surface area (Å²) in [6.45, 7) is 7.93. The first kappa shape index (κ1) is 16.3. The summed E-state index contributed by atoms with van der Waals surface area (Å²) in [6.07, 6.45) is 2.05. The van der Waals surface area contributed by atoms with Gasteiger partial charge in [0.05, 0.1) is 11.5 Å². The van der Waals surface area contributed by atoms with Crippen LogP contribution in [0.4, 0.5) is 0 Å². The zero-order chi connectivity index (χ0) is 15.6. The minimum Gasteiger partial charge on any atom is -0.347 e. The molecule has 4 heteroatoms. The molecule has 0 spiro atoms. The average molecular weight is 309 g/mol. The van der Waals surface area contributed by atoms with Crippen LogP contribution in [-0.2, 0) is 10.3 Å². The van der Waals surface area contributed by atoms with Gasteiger partial charge in [-0.05, 0) is 58.3 Å². The maximum atomic E-state index is 12.5. The molecule has 21 heavy (non-hydrogen) atoms. The number of hydrogen-bond acceptors (Lipinski definition) is 2. The maximum absolute atomic E-state index is 12.5. The number of benzene rings is 1. The fraction of sp³-hybridized carbons (Fsp3) is 0.588. The second kappa shape index (κ2) is 6.37. The first-order valence-corrected chi connectivity index (χ1v) is 7.95. The van der Waals surface area contributed by atoms with E-state index in [9.17, 15) is 4.79 Å². The van der Waals surface area contributed by atoms with E-state index in [4.69, 9.17) is 11.6 Å². The molecule has 1 heterocycles. The van der Waals surface area contributed by atoms with Crippen molar-refractivity contribution in [2.75, 3.05) is 20.1 Å². The van der Waals surface area contributed by atoms with Crippen molar-refractivity contribution in [3.05, 3.63) is 34.3 Å². The molecular weight excluding hydrogens is 284 g/mol. The summed E-state index contributed by atoms with van der Waals surface area (Å²) < 4.78 is 0. The fourth-order valence-corrected chi connectivity index (χ4v) is 3.35. The van der Waals surface area contributed by atoms with Crippen molar-refractivity contribution in [2.45, 2.75) is 39.2 Å². The second-order valence-corrected chi connectivity index (χ2v) is 7.03. The Bertz CT molecular complexity index is 528. The number of nitrogens with one attached hydrogen (secondary N) is 1. The van der Waals surface area contributed by atoms with Crippen molar-refractivity contribution < 1.29 is 4.79 Å². The number of piperidine rings is 1. The highest BCUT2D eigenvalue weighted by atomic mass is 35.5. The monoisotopic (exact) mass is 308 g/mol. The summed E-state index contributed by atoms with van der Waals surface area (Å²) in [7, 11) is 2.07. The van der Waals surface area contributed by atoms with Gasteiger partial charge in [-0.3, -0.25) is 4.79 Å². The van der Waals surface area contributed by atoms with Crippen LogP contribution < -0.4 is 5.32 Å². The number of halogens is 1. The SMILES string of the molecule is Cc1cccc(C(C)(C)NC(=O)C2CCCN(C)C2)c1Cl. The summed E-state index contributed by atoms with van der Waals surface area (Å²) in [5.74, 6) is 0.204. The Hall–Kier alpha value is -1.06. The lowest BCUT2D eigenvalue weighted by molar-refractivity contribution is -0.128. The summed E-state index contributed by atoms with van der Waals surface area (Å²) in [4.78, 5) is 14.8. The van der Waals surface area contributed by atoms with Crippen LogP contribution in [0.2, 0.25) is 5.02 Å². The van der Waals surface area contributed by atoms with E-state index in [1.807, 2.05) is 39.0 Å². The lowest BCUT2D eigenvalue weighted by Crippen LogP contribution is -2.48. The predicted octanol–water partition coefficient (Wildman–Crippen LogP) is 3.34. The molecule has 3 nitrogen and oxygen atoms in total. The molecular formula is C17H25ClN2O. The number of nitrogens with zero attached hydrogens (tertiary/aromatic N) is 1. The van der Waals surface area contributed by atoms with Crippen molar-refractivity contribution >= 4 is 17.5 Å². The van der Waals surface area contributed by atoms with Gasteiger partial charge in [0.1, 0.15) is 0 Å². The largest absolute Gasteiger partial charge is 0.347 e. The third-order valence-corrected chi connectivity index (χ3v) is 4.80. The van der Waals surface area contributed by atoms with Crippen LogP contribution in [0.3, 0.4) is 0 Å². The molecule has 0 radical (unpaired) electrons. The Labute approximate surface area is 132 Å². The Morgan fingerprint density at radius 1 is 1.43 bits per heavy atom. The van der Waals surface area contributed by atoms with Crippen LogP contribution in [0.25, 0.3) is 0 Å². The van der Waals surface area contributed by atoms with E-state index in [-0.39, 0.29) is 11.8 Å². The highest BCUT2D eigenvalue weighted by Gasteiger charge is 2.30. The molecule has 2 rings (SSSR count). The first-order chi connectivity index (χ1) is 9.81. The number of aryl methyl sites for hydroxylation is 1. The van der Waals surface area contributed by atoms with Gasteiger partial charge in [0.25, 0.3) is 0 Å². The zero-order valence-corrected chi connectivity index (χ0v) is 14.1. The van der Waals surface area contributed by atoms with Gasteiger partial charge in [-0.15, -0.1) is 0 Å². The summed E-state index contributed by atoms with van der Waals surface area (Å²) >= 11 is 6.41. The van der Waals surface area contributed by atoms with E-state index >= 15 is 0 Å². The Balaban J connectivity index is 2.13. The number of carbonyl (C=O) groups excluding carboxylic acids is 1. The van der Waals surface area contributed by atoms with E-state index in [2.05, 4.69) is 17.3 Å². The van der Waals surface area contributed by atoms with Crippen LogP contribution in [0.5, 0.6) is 0 Å². The van der Waals surface area contributed by atoms with E-state index in [0.717, 1.165) is 42.1 Å². The molecule has 0 saturated carbocycles. The standard InChI is InChI=1S/C17H25ClN2O/c1-12-7-5-9-14(15(12)18)17(2,3)19-16(21)13-8-6-10-20(4)11-13/h5,7,9,13H,6,8,10-11H2,1-4H3,(H,19,21). The van der Waals surface area contributed by atoms with Crippen molar-refractivity contribution in [3.8, 4) is 0 Å². The van der Waals surface area contributed by atoms with Gasteiger partial charge in [0.15, 0.2) is 0 Å². The minimum atomic E-state index is -0.462. The van der Waals surface area contributed by atoms with E-state index < -0.39 is 5.54 Å². The molecule has 0 bridgehead atoms. The molecule has 1 saturated heterocycles. The van der Waals surface area contributed by atoms with Crippen molar-refractivity contribution in [1.29, 1.82) is 0 Å². The van der Waals surface area contributed by atoms with E-state index in [1.54, 1.807) is 0 Å². The van der Waals surface area contributed by atoms with Gasteiger partial charge in [-0.2, -0.15) is 0 Å². The van der Waals surface area contributed by atoms with Crippen LogP contribution in [-0.4, -0.2) is 30.9 Å². The normalized spacial score (nSPS) is 20.3. The second-order valence-electron chi connectivity index (χ2n) is 6.65. The van der Waals surface area contributed by atoms with Crippen LogP contribution >= 0.6 is 11.6 Å². The molecule has 1 aromatic rings. The molecule has 1 atom stereocenters. The van der Waals surface area contributed by atoms with Gasteiger partial charge < -0.3 is 10.2 Å². The smallest absolute Gasteiger partial charge is 0.225 e. The molecule has 1 N–H and O–H groups in total. The Morgan fingerprint density at radius 2 is 2.14 bits per heavy atom. The van der Waals surface area contributed by atoms with Crippen molar-refractivity contribution in [3.63, 3.8) is 0 Å². The third-order valence-electron chi connectivity index (χ3n) is 4.30. The zero-order valence-electron chi connectivity index (χ0n) is 13.4. The number of hydrogen-bond donors (Lipinski definition) is 1. The molecule has 1 aromatic carbocycles. The number of amides is 1. The predicted molar refractivity (Wildman–Crippen MR) is 87.6 cm³/mol. The van der Waals surface area contributed by atoms with Crippen LogP contribution in [0.15, 0.2) is 18.2 Å². The van der Waals surface area contributed by atoms with Gasteiger partial charge in [-0.1, -0.05) is 29.8 Å². The number of rotatable bonds is 3. The molecule has 1 unspecified atom stereocenters.